The highest BCUT2D eigenvalue weighted by atomic mass is 35.5. The van der Waals surface area contributed by atoms with Gasteiger partial charge >= 0.3 is 6.18 Å². The number of rotatable bonds is 4. The number of anilines is 2. The Bertz CT molecular complexity index is 1180. The van der Waals surface area contributed by atoms with Crippen LogP contribution in [-0.2, 0) is 26.2 Å². The molecule has 1 aliphatic rings. The molecular weight excluding hydrogens is 465 g/mol. The molecule has 0 saturated carbocycles. The fraction of sp³-hybridized carbons (Fsp3) is 0.333. The highest BCUT2D eigenvalue weighted by Crippen LogP contribution is 2.37. The maximum Gasteiger partial charge on any atom is 0.417 e. The van der Waals surface area contributed by atoms with E-state index in [1.54, 1.807) is 0 Å². The number of benzene rings is 2. The zero-order valence-corrected chi connectivity index (χ0v) is 18.1. The molecule has 0 aliphatic carbocycles. The Morgan fingerprint density at radius 1 is 1.10 bits per heavy atom. The molecule has 12 heteroatoms. The van der Waals surface area contributed by atoms with Gasteiger partial charge in [-0.15, -0.1) is 0 Å². The second-order valence-corrected chi connectivity index (χ2v) is 10.9. The van der Waals surface area contributed by atoms with E-state index in [0.717, 1.165) is 16.4 Å². The van der Waals surface area contributed by atoms with Gasteiger partial charge in [-0.1, -0.05) is 17.7 Å². The van der Waals surface area contributed by atoms with E-state index in [-0.39, 0.29) is 28.6 Å². The molecule has 1 aliphatic heterocycles. The van der Waals surface area contributed by atoms with Gasteiger partial charge in [0, 0.05) is 12.2 Å². The van der Waals surface area contributed by atoms with Crippen molar-refractivity contribution in [1.29, 1.82) is 0 Å². The van der Waals surface area contributed by atoms with Crippen molar-refractivity contribution in [2.45, 2.75) is 30.8 Å². The van der Waals surface area contributed by atoms with E-state index in [2.05, 4.69) is 4.72 Å². The van der Waals surface area contributed by atoms with Gasteiger partial charge in [-0.05, 0) is 55.7 Å². The number of hydrogen-bond acceptors (Lipinski definition) is 4. The van der Waals surface area contributed by atoms with E-state index in [1.807, 2.05) is 0 Å². The van der Waals surface area contributed by atoms with Crippen molar-refractivity contribution in [3.8, 4) is 0 Å². The van der Waals surface area contributed by atoms with Crippen LogP contribution in [0.4, 0.5) is 24.5 Å². The average molecular weight is 483 g/mol. The summed E-state index contributed by atoms with van der Waals surface area (Å²) in [7, 11) is -7.86. The van der Waals surface area contributed by atoms with Crippen LogP contribution in [0.15, 0.2) is 41.3 Å². The smallest absolute Gasteiger partial charge is 0.280 e. The van der Waals surface area contributed by atoms with Gasteiger partial charge in [-0.3, -0.25) is 9.03 Å². The van der Waals surface area contributed by atoms with Crippen LogP contribution in [-0.4, -0.2) is 29.1 Å². The lowest BCUT2D eigenvalue weighted by Gasteiger charge is -2.28. The predicted molar refractivity (Wildman–Crippen MR) is 109 cm³/mol. The second-order valence-electron chi connectivity index (χ2n) is 6.84. The van der Waals surface area contributed by atoms with Gasteiger partial charge in [-0.25, -0.2) is 16.8 Å². The van der Waals surface area contributed by atoms with Gasteiger partial charge in [0.1, 0.15) is 0 Å². The molecule has 6 nitrogen and oxygen atoms in total. The van der Waals surface area contributed by atoms with Crippen LogP contribution in [0.25, 0.3) is 0 Å². The zero-order chi connectivity index (χ0) is 22.3. The summed E-state index contributed by atoms with van der Waals surface area (Å²) in [6.07, 6.45) is -3.59. The summed E-state index contributed by atoms with van der Waals surface area (Å²) in [4.78, 5) is -0.232. The molecule has 0 atom stereocenters. The van der Waals surface area contributed by atoms with Crippen molar-refractivity contribution >= 4 is 43.0 Å². The Labute approximate surface area is 177 Å². The van der Waals surface area contributed by atoms with Crippen LogP contribution >= 0.6 is 11.6 Å². The van der Waals surface area contributed by atoms with Gasteiger partial charge < -0.3 is 0 Å². The first kappa shape index (κ1) is 22.7. The molecule has 1 heterocycles. The Kier molecular flexibility index (Phi) is 6.00. The molecule has 3 rings (SSSR count). The normalized spacial score (nSPS) is 17.0. The zero-order valence-electron chi connectivity index (χ0n) is 15.7. The SMILES string of the molecule is Cc1ccc(N2CCCCS2(=O)=O)cc1S(=O)(=O)Nc1ccc(Cl)c(C(F)(F)F)c1. The lowest BCUT2D eigenvalue weighted by molar-refractivity contribution is -0.137. The number of halogens is 4. The van der Waals surface area contributed by atoms with Crippen molar-refractivity contribution in [2.24, 2.45) is 0 Å². The van der Waals surface area contributed by atoms with Crippen LogP contribution in [0.5, 0.6) is 0 Å². The molecule has 2 aromatic rings. The van der Waals surface area contributed by atoms with Crippen LogP contribution in [0.1, 0.15) is 24.0 Å². The largest absolute Gasteiger partial charge is 0.417 e. The molecular formula is C18H18ClF3N2O4S2. The third-order valence-corrected chi connectivity index (χ3v) is 8.34. The van der Waals surface area contributed by atoms with Crippen LogP contribution < -0.4 is 9.03 Å². The second kappa shape index (κ2) is 7.93. The van der Waals surface area contributed by atoms with Gasteiger partial charge in [0.2, 0.25) is 10.0 Å². The summed E-state index contributed by atoms with van der Waals surface area (Å²) < 4.78 is 92.8. The molecule has 0 radical (unpaired) electrons. The molecule has 0 unspecified atom stereocenters. The number of sulfonamides is 2. The highest BCUT2D eigenvalue weighted by Gasteiger charge is 2.34. The maximum absolute atomic E-state index is 13.1. The first-order valence-electron chi connectivity index (χ1n) is 8.82. The molecule has 2 aromatic carbocycles. The van der Waals surface area contributed by atoms with Crippen LogP contribution in [0, 0.1) is 6.92 Å². The molecule has 0 aromatic heterocycles. The molecule has 0 amide bonds. The molecule has 0 bridgehead atoms. The number of nitrogens with one attached hydrogen (secondary N) is 1. The highest BCUT2D eigenvalue weighted by molar-refractivity contribution is 7.93. The third kappa shape index (κ3) is 4.68. The molecule has 164 valence electrons. The van der Waals surface area contributed by atoms with Crippen molar-refractivity contribution in [1.82, 2.24) is 0 Å². The van der Waals surface area contributed by atoms with Crippen molar-refractivity contribution < 1.29 is 30.0 Å². The summed E-state index contributed by atoms with van der Waals surface area (Å²) in [5.41, 5.74) is -0.991. The van der Waals surface area contributed by atoms with Gasteiger partial charge in [0.05, 0.1) is 26.9 Å². The minimum atomic E-state index is -4.75. The lowest BCUT2D eigenvalue weighted by atomic mass is 10.2. The van der Waals surface area contributed by atoms with E-state index in [9.17, 15) is 30.0 Å². The minimum Gasteiger partial charge on any atom is -0.280 e. The predicted octanol–water partition coefficient (Wildman–Crippen LogP) is 4.40. The average Bonchev–Trinajstić information content (AvgIpc) is 2.62. The van der Waals surface area contributed by atoms with E-state index in [1.165, 1.54) is 25.1 Å². The van der Waals surface area contributed by atoms with E-state index >= 15 is 0 Å². The quantitative estimate of drug-likeness (QED) is 0.700. The van der Waals surface area contributed by atoms with E-state index < -0.39 is 36.8 Å². The lowest BCUT2D eigenvalue weighted by Crippen LogP contribution is -2.38. The molecule has 1 saturated heterocycles. The molecule has 0 spiro atoms. The maximum atomic E-state index is 13.1. The van der Waals surface area contributed by atoms with Gasteiger partial charge in [0.25, 0.3) is 10.0 Å². The number of hydrogen-bond donors (Lipinski definition) is 1. The van der Waals surface area contributed by atoms with Crippen LogP contribution in [0.2, 0.25) is 5.02 Å². The van der Waals surface area contributed by atoms with Gasteiger partial charge in [-0.2, -0.15) is 13.2 Å². The standard InChI is InChI=1S/C18H18ClF3N2O4S2/c1-12-4-6-14(24-8-2-3-9-29(24,25)26)11-17(12)30(27,28)23-13-5-7-16(19)15(10-13)18(20,21)22/h4-7,10-11,23H,2-3,8-9H2,1H3. The summed E-state index contributed by atoms with van der Waals surface area (Å²) in [6.45, 7) is 1.73. The topological polar surface area (TPSA) is 83.6 Å². The molecule has 1 N–H and O–H groups in total. The number of nitrogens with zero attached hydrogens (tertiary/aromatic N) is 1. The first-order chi connectivity index (χ1) is 13.8. The summed E-state index contributed by atoms with van der Waals surface area (Å²) in [5, 5.41) is -0.557. The number of aryl methyl sites for hydroxylation is 1. The Morgan fingerprint density at radius 3 is 2.43 bits per heavy atom. The fourth-order valence-corrected chi connectivity index (χ4v) is 6.30. The summed E-state index contributed by atoms with van der Waals surface area (Å²) >= 11 is 5.57. The first-order valence-corrected chi connectivity index (χ1v) is 12.3. The fourth-order valence-electron chi connectivity index (χ4n) is 3.13. The third-order valence-electron chi connectivity index (χ3n) is 4.62. The minimum absolute atomic E-state index is 0.0355. The Balaban J connectivity index is 1.99. The van der Waals surface area contributed by atoms with Crippen molar-refractivity contribution in [3.05, 3.63) is 52.5 Å². The Hall–Kier alpha value is -1.98. The van der Waals surface area contributed by atoms with Crippen LogP contribution in [0.3, 0.4) is 0 Å². The Morgan fingerprint density at radius 2 is 1.80 bits per heavy atom. The van der Waals surface area contributed by atoms with Crippen molar-refractivity contribution in [3.63, 3.8) is 0 Å². The van der Waals surface area contributed by atoms with E-state index in [0.29, 0.717) is 24.5 Å². The summed E-state index contributed by atoms with van der Waals surface area (Å²) in [6, 6.07) is 6.84. The monoisotopic (exact) mass is 482 g/mol. The summed E-state index contributed by atoms with van der Waals surface area (Å²) in [5.74, 6) is -0.0355. The number of alkyl halides is 3. The van der Waals surface area contributed by atoms with Gasteiger partial charge in [0.15, 0.2) is 0 Å². The molecule has 1 fully saturated rings. The van der Waals surface area contributed by atoms with Crippen molar-refractivity contribution in [2.75, 3.05) is 21.3 Å². The van der Waals surface area contributed by atoms with E-state index in [4.69, 9.17) is 11.6 Å². The molecule has 30 heavy (non-hydrogen) atoms.